The summed E-state index contributed by atoms with van der Waals surface area (Å²) < 4.78 is 28.9. The van der Waals surface area contributed by atoms with Crippen molar-refractivity contribution in [1.82, 2.24) is 0 Å². The molecule has 10 nitrogen and oxygen atoms in total. The molecule has 0 amide bonds. The Hall–Kier alpha value is -2.72. The lowest BCUT2D eigenvalue weighted by Crippen LogP contribution is -2.80. The molecule has 10 atom stereocenters. The van der Waals surface area contributed by atoms with Gasteiger partial charge in [0.15, 0.2) is 11.4 Å². The largest absolute Gasteiger partial charge is 0.472 e. The minimum atomic E-state index is -2.17. The molecule has 41 heavy (non-hydrogen) atoms. The normalized spacial score (nSPS) is 45.6. The van der Waals surface area contributed by atoms with Gasteiger partial charge in [-0.25, -0.2) is 0 Å². The number of carbonyl (C=O) groups excluding carboxylic acids is 4. The molecule has 3 aliphatic carbocycles. The van der Waals surface area contributed by atoms with E-state index in [-0.39, 0.29) is 12.8 Å². The first-order valence-electron chi connectivity index (χ1n) is 14.5. The summed E-state index contributed by atoms with van der Waals surface area (Å²) in [6, 6.07) is 1.78. The van der Waals surface area contributed by atoms with Crippen LogP contribution in [0.1, 0.15) is 78.9 Å². The number of aliphatic hydroxyl groups is 1. The Kier molecular flexibility index (Phi) is 6.00. The Bertz CT molecular complexity index is 1300. The zero-order chi connectivity index (χ0) is 29.9. The lowest BCUT2D eigenvalue weighted by atomic mass is 9.36. The van der Waals surface area contributed by atoms with Gasteiger partial charge in [0, 0.05) is 40.1 Å². The van der Waals surface area contributed by atoms with Crippen LogP contribution in [0.25, 0.3) is 0 Å². The van der Waals surface area contributed by atoms with Crippen molar-refractivity contribution in [2.24, 2.45) is 39.9 Å². The predicted octanol–water partition coefficient (Wildman–Crippen LogP) is 3.54. The SMILES string of the molecule is COC(=O)C[C@H]1C(C)(C)[C@@H](OC(=O)C(C)C)[C@]2(O)C(=O)[C@]1(C)[C@@H]1CC[C@@]3(C)[C@@H](CC(=O)O[C@H]3c3ccoc3)[C@]13O[C@@H]23. The number of methoxy groups -OCH3 is 1. The molecule has 0 radical (unpaired) electrons. The van der Waals surface area contributed by atoms with Gasteiger partial charge in [0.25, 0.3) is 0 Å². The highest BCUT2D eigenvalue weighted by molar-refractivity contribution is 5.99. The fourth-order valence-corrected chi connectivity index (χ4v) is 9.68. The minimum Gasteiger partial charge on any atom is -0.472 e. The smallest absolute Gasteiger partial charge is 0.308 e. The Labute approximate surface area is 239 Å². The molecule has 1 spiro atoms. The second-order valence-corrected chi connectivity index (χ2v) is 14.2. The summed E-state index contributed by atoms with van der Waals surface area (Å²) in [5.41, 5.74) is -5.30. The number of furan rings is 1. The van der Waals surface area contributed by atoms with Crippen molar-refractivity contribution in [3.63, 3.8) is 0 Å². The first kappa shape index (κ1) is 28.4. The zero-order valence-corrected chi connectivity index (χ0v) is 24.7. The molecule has 3 saturated carbocycles. The maximum atomic E-state index is 14.6. The lowest BCUT2D eigenvalue weighted by molar-refractivity contribution is -0.252. The molecule has 1 N–H and O–H groups in total. The maximum absolute atomic E-state index is 14.6. The van der Waals surface area contributed by atoms with Crippen molar-refractivity contribution in [1.29, 1.82) is 0 Å². The van der Waals surface area contributed by atoms with Crippen LogP contribution >= 0.6 is 0 Å². The van der Waals surface area contributed by atoms with Crippen LogP contribution in [0.5, 0.6) is 0 Å². The fourth-order valence-electron chi connectivity index (χ4n) is 9.68. The molecule has 10 heteroatoms. The first-order chi connectivity index (χ1) is 19.1. The number of ketones is 1. The van der Waals surface area contributed by atoms with Crippen molar-refractivity contribution in [2.45, 2.75) is 96.7 Å². The minimum absolute atomic E-state index is 0.0553. The molecule has 1 aromatic heterocycles. The van der Waals surface area contributed by atoms with E-state index in [4.69, 9.17) is 23.4 Å². The number of cyclic esters (lactones) is 1. The quantitative estimate of drug-likeness (QED) is 0.316. The summed E-state index contributed by atoms with van der Waals surface area (Å²) in [6.45, 7) is 10.9. The number of Topliss-reactive ketones (excluding diaryl/α,β-unsaturated/α-hetero) is 1. The van der Waals surface area contributed by atoms with Crippen LogP contribution in [-0.2, 0) is 38.1 Å². The van der Waals surface area contributed by atoms with Gasteiger partial charge in [-0.3, -0.25) is 19.2 Å². The molecular formula is C31H40O10. The molecule has 2 bridgehead atoms. The Morgan fingerprint density at radius 1 is 1.15 bits per heavy atom. The van der Waals surface area contributed by atoms with Crippen LogP contribution < -0.4 is 0 Å². The van der Waals surface area contributed by atoms with E-state index in [9.17, 15) is 24.3 Å². The molecule has 224 valence electrons. The topological polar surface area (TPSA) is 142 Å². The summed E-state index contributed by atoms with van der Waals surface area (Å²) in [5, 5.41) is 12.6. The second-order valence-electron chi connectivity index (χ2n) is 14.2. The van der Waals surface area contributed by atoms with E-state index in [1.165, 1.54) is 13.4 Å². The van der Waals surface area contributed by atoms with Gasteiger partial charge in [-0.1, -0.05) is 41.5 Å². The Morgan fingerprint density at radius 2 is 1.85 bits per heavy atom. The standard InChI is InChI=1S/C31H40O10/c1-15(2)23(34)40-25-27(3,4)18(12-20(32)37-7)29(6)17-8-10-28(5)19(31(17)26(41-31)30(25,36)24(29)35)13-21(33)39-22(28)16-9-11-38-14-16/h9,11,14-15,17-19,22,25-26,36H,8,10,12-13H2,1-7H3/t17-,18-,19+,22-,25+,26-,28-,29+,30+,31+/m0/s1. The number of ether oxygens (including phenoxy) is 4. The van der Waals surface area contributed by atoms with E-state index in [1.807, 2.05) is 20.8 Å². The molecule has 0 aromatic carbocycles. The monoisotopic (exact) mass is 572 g/mol. The van der Waals surface area contributed by atoms with E-state index in [1.54, 1.807) is 26.2 Å². The molecule has 2 aliphatic heterocycles. The zero-order valence-electron chi connectivity index (χ0n) is 24.7. The number of epoxide rings is 1. The summed E-state index contributed by atoms with van der Waals surface area (Å²) in [6.07, 6.45) is 1.39. The average Bonchev–Trinajstić information content (AvgIpc) is 3.40. The summed E-state index contributed by atoms with van der Waals surface area (Å²) in [7, 11) is 1.30. The van der Waals surface area contributed by atoms with Gasteiger partial charge >= 0.3 is 17.9 Å². The number of hydrogen-bond acceptors (Lipinski definition) is 10. The highest BCUT2D eigenvalue weighted by Crippen LogP contribution is 2.78. The molecule has 3 heterocycles. The lowest BCUT2D eigenvalue weighted by Gasteiger charge is -2.66. The molecular weight excluding hydrogens is 532 g/mol. The van der Waals surface area contributed by atoms with Crippen LogP contribution in [0.4, 0.5) is 0 Å². The second kappa shape index (κ2) is 8.66. The number of rotatable bonds is 5. The van der Waals surface area contributed by atoms with Crippen LogP contribution in [0.2, 0.25) is 0 Å². The fraction of sp³-hybridized carbons (Fsp3) is 0.742. The number of fused-ring (bicyclic) bond motifs is 5. The van der Waals surface area contributed by atoms with Crippen LogP contribution in [0.3, 0.4) is 0 Å². The number of esters is 3. The highest BCUT2D eigenvalue weighted by Gasteiger charge is 2.90. The van der Waals surface area contributed by atoms with Gasteiger partial charge < -0.3 is 28.5 Å². The van der Waals surface area contributed by atoms with E-state index >= 15 is 0 Å². The predicted molar refractivity (Wildman–Crippen MR) is 141 cm³/mol. The average molecular weight is 573 g/mol. The van der Waals surface area contributed by atoms with E-state index < -0.39 is 93.1 Å². The summed E-state index contributed by atoms with van der Waals surface area (Å²) >= 11 is 0. The molecule has 0 unspecified atom stereocenters. The number of carbonyl (C=O) groups is 4. The van der Waals surface area contributed by atoms with Crippen molar-refractivity contribution < 1.29 is 47.6 Å². The third kappa shape index (κ3) is 3.37. The van der Waals surface area contributed by atoms with Gasteiger partial charge in [-0.05, 0) is 24.8 Å². The van der Waals surface area contributed by atoms with E-state index in [2.05, 4.69) is 6.92 Å². The third-order valence-electron chi connectivity index (χ3n) is 11.6. The summed E-state index contributed by atoms with van der Waals surface area (Å²) in [4.78, 5) is 53.6. The molecule has 5 fully saturated rings. The molecule has 1 aromatic rings. The Morgan fingerprint density at radius 3 is 2.46 bits per heavy atom. The Balaban J connectivity index is 1.53. The van der Waals surface area contributed by atoms with Crippen molar-refractivity contribution in [3.8, 4) is 0 Å². The number of hydrogen-bond donors (Lipinski definition) is 1. The molecule has 6 rings (SSSR count). The molecule has 5 aliphatic rings. The van der Waals surface area contributed by atoms with Gasteiger partial charge in [0.2, 0.25) is 0 Å². The first-order valence-corrected chi connectivity index (χ1v) is 14.5. The maximum Gasteiger partial charge on any atom is 0.308 e. The van der Waals surface area contributed by atoms with Crippen LogP contribution in [-0.4, -0.2) is 59.3 Å². The van der Waals surface area contributed by atoms with Crippen molar-refractivity contribution in [2.75, 3.05) is 7.11 Å². The summed E-state index contributed by atoms with van der Waals surface area (Å²) in [5.74, 6) is -3.87. The molecule has 2 saturated heterocycles. The van der Waals surface area contributed by atoms with Crippen molar-refractivity contribution in [3.05, 3.63) is 24.2 Å². The van der Waals surface area contributed by atoms with Gasteiger partial charge in [0.1, 0.15) is 23.9 Å². The van der Waals surface area contributed by atoms with Crippen LogP contribution in [0, 0.1) is 39.9 Å². The van der Waals surface area contributed by atoms with Gasteiger partial charge in [-0.2, -0.15) is 0 Å². The third-order valence-corrected chi connectivity index (χ3v) is 11.6. The van der Waals surface area contributed by atoms with Gasteiger partial charge in [-0.15, -0.1) is 0 Å². The van der Waals surface area contributed by atoms with Crippen LogP contribution in [0.15, 0.2) is 23.0 Å². The van der Waals surface area contributed by atoms with E-state index in [0.717, 1.165) is 5.56 Å². The van der Waals surface area contributed by atoms with Gasteiger partial charge in [0.05, 0.1) is 32.0 Å². The van der Waals surface area contributed by atoms with E-state index in [0.29, 0.717) is 12.8 Å². The highest BCUT2D eigenvalue weighted by atomic mass is 16.6. The van der Waals surface area contributed by atoms with Crippen molar-refractivity contribution >= 4 is 23.7 Å².